The average molecular weight is 499 g/mol. The highest BCUT2D eigenvalue weighted by Crippen LogP contribution is 2.32. The molecule has 0 unspecified atom stereocenters. The van der Waals surface area contributed by atoms with E-state index in [2.05, 4.69) is 20.5 Å². The maximum atomic E-state index is 13.8. The van der Waals surface area contributed by atoms with Crippen molar-refractivity contribution in [1.82, 2.24) is 30.0 Å². The van der Waals surface area contributed by atoms with Crippen molar-refractivity contribution in [3.8, 4) is 11.4 Å². The number of hydrogen-bond acceptors (Lipinski definition) is 8. The highest BCUT2D eigenvalue weighted by molar-refractivity contribution is 8.18. The molecule has 0 saturated carbocycles. The van der Waals surface area contributed by atoms with Gasteiger partial charge in [0.05, 0.1) is 10.7 Å². The molecule has 1 aliphatic heterocycles. The van der Waals surface area contributed by atoms with Crippen molar-refractivity contribution in [2.45, 2.75) is 5.16 Å². The molecule has 12 heteroatoms. The summed E-state index contributed by atoms with van der Waals surface area (Å²) in [7, 11) is 1.81. The molecule has 0 radical (unpaired) electrons. The average Bonchev–Trinajstić information content (AvgIpc) is 3.33. The van der Waals surface area contributed by atoms with Gasteiger partial charge in [0.25, 0.3) is 11.1 Å². The van der Waals surface area contributed by atoms with Gasteiger partial charge in [-0.05, 0) is 36.0 Å². The van der Waals surface area contributed by atoms with Crippen LogP contribution in [0, 0.1) is 5.82 Å². The maximum absolute atomic E-state index is 13.8. The van der Waals surface area contributed by atoms with E-state index >= 15 is 0 Å². The molecule has 0 aliphatic carbocycles. The Morgan fingerprint density at radius 1 is 1.18 bits per heavy atom. The second-order valence-corrected chi connectivity index (χ2v) is 9.03. The molecule has 3 heterocycles. The SMILES string of the molecule is Cn1c(SCC(=O)NCCN2C(=O)S/C(=C\c3ccccc3F)C2=O)nnc1-c1ccncc1. The number of nitrogens with one attached hydrogen (secondary N) is 1. The third-order valence-electron chi connectivity index (χ3n) is 4.83. The zero-order chi connectivity index (χ0) is 24.1. The minimum Gasteiger partial charge on any atom is -0.354 e. The van der Waals surface area contributed by atoms with Gasteiger partial charge in [0, 0.05) is 43.7 Å². The highest BCUT2D eigenvalue weighted by atomic mass is 32.2. The van der Waals surface area contributed by atoms with E-state index in [4.69, 9.17) is 0 Å². The molecule has 1 N–H and O–H groups in total. The zero-order valence-corrected chi connectivity index (χ0v) is 19.6. The third kappa shape index (κ3) is 5.34. The second-order valence-electron chi connectivity index (χ2n) is 7.09. The highest BCUT2D eigenvalue weighted by Gasteiger charge is 2.34. The lowest BCUT2D eigenvalue weighted by Crippen LogP contribution is -2.37. The number of carbonyl (C=O) groups excluding carboxylic acids is 3. The molecule has 2 aromatic heterocycles. The van der Waals surface area contributed by atoms with Gasteiger partial charge in [-0.1, -0.05) is 30.0 Å². The van der Waals surface area contributed by atoms with Crippen LogP contribution < -0.4 is 5.32 Å². The van der Waals surface area contributed by atoms with Crippen LogP contribution in [0.15, 0.2) is 58.9 Å². The molecule has 3 aromatic rings. The quantitative estimate of drug-likeness (QED) is 0.373. The number of nitrogens with zero attached hydrogens (tertiary/aromatic N) is 5. The molecule has 0 spiro atoms. The van der Waals surface area contributed by atoms with Crippen LogP contribution in [0.4, 0.5) is 9.18 Å². The van der Waals surface area contributed by atoms with Crippen LogP contribution in [0.3, 0.4) is 0 Å². The van der Waals surface area contributed by atoms with Crippen molar-refractivity contribution in [2.75, 3.05) is 18.8 Å². The molecule has 1 fully saturated rings. The molecular weight excluding hydrogens is 479 g/mol. The lowest BCUT2D eigenvalue weighted by atomic mass is 10.2. The number of thioether (sulfide) groups is 2. The number of pyridine rings is 1. The molecular formula is C22H19FN6O3S2. The fourth-order valence-corrected chi connectivity index (χ4v) is 4.70. The number of amides is 3. The Hall–Kier alpha value is -3.51. The summed E-state index contributed by atoms with van der Waals surface area (Å²) in [6.45, 7) is 0.122. The molecule has 1 aliphatic rings. The van der Waals surface area contributed by atoms with Crippen molar-refractivity contribution >= 4 is 46.7 Å². The second kappa shape index (κ2) is 10.6. The van der Waals surface area contributed by atoms with Gasteiger partial charge in [-0.3, -0.25) is 24.3 Å². The van der Waals surface area contributed by atoms with E-state index in [9.17, 15) is 18.8 Å². The van der Waals surface area contributed by atoms with Crippen LogP contribution in [0.5, 0.6) is 0 Å². The summed E-state index contributed by atoms with van der Waals surface area (Å²) in [5, 5.41) is 11.1. The van der Waals surface area contributed by atoms with Gasteiger partial charge < -0.3 is 9.88 Å². The number of rotatable bonds is 8. The Balaban J connectivity index is 1.27. The summed E-state index contributed by atoms with van der Waals surface area (Å²) in [6, 6.07) is 9.64. The number of aromatic nitrogens is 4. The first-order valence-corrected chi connectivity index (χ1v) is 11.9. The van der Waals surface area contributed by atoms with E-state index in [1.807, 2.05) is 19.2 Å². The largest absolute Gasteiger partial charge is 0.354 e. The standard InChI is InChI=1S/C22H19FN6O3S2/c1-28-19(14-6-8-24-9-7-14)26-27-21(28)33-13-18(30)25-10-11-29-20(31)17(34-22(29)32)12-15-4-2-3-5-16(15)23/h2-9,12H,10-11,13H2,1H3,(H,25,30)/b17-12-. The van der Waals surface area contributed by atoms with E-state index in [1.54, 1.807) is 29.1 Å². The van der Waals surface area contributed by atoms with Gasteiger partial charge in [0.15, 0.2) is 11.0 Å². The molecule has 4 rings (SSSR count). The number of hydrogen-bond donors (Lipinski definition) is 1. The Kier molecular flexibility index (Phi) is 7.38. The van der Waals surface area contributed by atoms with Gasteiger partial charge in [-0.2, -0.15) is 0 Å². The lowest BCUT2D eigenvalue weighted by molar-refractivity contribution is -0.123. The van der Waals surface area contributed by atoms with Gasteiger partial charge in [-0.15, -0.1) is 10.2 Å². The first-order chi connectivity index (χ1) is 16.4. The smallest absolute Gasteiger partial charge is 0.293 e. The Bertz CT molecular complexity index is 1260. The van der Waals surface area contributed by atoms with Crippen molar-refractivity contribution in [2.24, 2.45) is 7.05 Å². The summed E-state index contributed by atoms with van der Waals surface area (Å²) in [5.41, 5.74) is 1.09. The minimum absolute atomic E-state index is 0.0197. The van der Waals surface area contributed by atoms with Crippen molar-refractivity contribution in [1.29, 1.82) is 0 Å². The summed E-state index contributed by atoms with van der Waals surface area (Å²) < 4.78 is 15.6. The van der Waals surface area contributed by atoms with Gasteiger partial charge >= 0.3 is 0 Å². The predicted molar refractivity (Wildman–Crippen MR) is 127 cm³/mol. The van der Waals surface area contributed by atoms with E-state index in [1.165, 1.54) is 30.0 Å². The van der Waals surface area contributed by atoms with E-state index in [0.717, 1.165) is 22.2 Å². The molecule has 34 heavy (non-hydrogen) atoms. The normalized spacial score (nSPS) is 14.8. The van der Waals surface area contributed by atoms with Gasteiger partial charge in [0.2, 0.25) is 5.91 Å². The van der Waals surface area contributed by atoms with Crippen LogP contribution in [-0.4, -0.2) is 60.5 Å². The first kappa shape index (κ1) is 23.6. The first-order valence-electron chi connectivity index (χ1n) is 10.1. The molecule has 0 bridgehead atoms. The molecule has 3 amide bonds. The van der Waals surface area contributed by atoms with Crippen LogP contribution in [0.25, 0.3) is 17.5 Å². The Labute approximate surface area is 202 Å². The van der Waals surface area contributed by atoms with Crippen LogP contribution in [0.2, 0.25) is 0 Å². The number of halogens is 1. The van der Waals surface area contributed by atoms with Crippen LogP contribution >= 0.6 is 23.5 Å². The fourth-order valence-electron chi connectivity index (χ4n) is 3.11. The lowest BCUT2D eigenvalue weighted by Gasteiger charge is -2.12. The van der Waals surface area contributed by atoms with Crippen LogP contribution in [0.1, 0.15) is 5.56 Å². The Morgan fingerprint density at radius 3 is 2.71 bits per heavy atom. The molecule has 9 nitrogen and oxygen atoms in total. The Morgan fingerprint density at radius 2 is 1.94 bits per heavy atom. The predicted octanol–water partition coefficient (Wildman–Crippen LogP) is 2.96. The van der Waals surface area contributed by atoms with Crippen molar-refractivity contribution in [3.05, 3.63) is 65.1 Å². The van der Waals surface area contributed by atoms with Gasteiger partial charge in [0.1, 0.15) is 5.82 Å². The van der Waals surface area contributed by atoms with E-state index < -0.39 is 17.0 Å². The monoisotopic (exact) mass is 498 g/mol. The molecule has 1 aromatic carbocycles. The summed E-state index contributed by atoms with van der Waals surface area (Å²) in [6.07, 6.45) is 4.69. The number of carbonyl (C=O) groups is 3. The maximum Gasteiger partial charge on any atom is 0.293 e. The number of imide groups is 1. The summed E-state index contributed by atoms with van der Waals surface area (Å²) >= 11 is 1.97. The molecule has 0 atom stereocenters. The van der Waals surface area contributed by atoms with Crippen molar-refractivity contribution in [3.63, 3.8) is 0 Å². The summed E-state index contributed by atoms with van der Waals surface area (Å²) in [4.78, 5) is 42.1. The zero-order valence-electron chi connectivity index (χ0n) is 18.0. The summed E-state index contributed by atoms with van der Waals surface area (Å²) in [5.74, 6) is -0.503. The molecule has 1 saturated heterocycles. The van der Waals surface area contributed by atoms with E-state index in [0.29, 0.717) is 11.0 Å². The fraction of sp³-hybridized carbons (Fsp3) is 0.182. The minimum atomic E-state index is -0.510. The van der Waals surface area contributed by atoms with E-state index in [-0.39, 0.29) is 35.2 Å². The van der Waals surface area contributed by atoms with Crippen molar-refractivity contribution < 1.29 is 18.8 Å². The molecule has 174 valence electrons. The topological polar surface area (TPSA) is 110 Å². The van der Waals surface area contributed by atoms with Crippen LogP contribution in [-0.2, 0) is 16.6 Å². The third-order valence-corrected chi connectivity index (χ3v) is 6.76. The van der Waals surface area contributed by atoms with Gasteiger partial charge in [-0.25, -0.2) is 4.39 Å². The number of benzene rings is 1.